The van der Waals surface area contributed by atoms with Crippen LogP contribution in [0.3, 0.4) is 0 Å². The Morgan fingerprint density at radius 2 is 1.21 bits per heavy atom. The van der Waals surface area contributed by atoms with Gasteiger partial charge < -0.3 is 0 Å². The predicted octanol–water partition coefficient (Wildman–Crippen LogP) is -1.12. The molecule has 2 N–H and O–H groups in total. The molecule has 6 nitrogen and oxygen atoms in total. The number of aromatic amines is 2. The van der Waals surface area contributed by atoms with E-state index in [1.807, 2.05) is 0 Å². The summed E-state index contributed by atoms with van der Waals surface area (Å²) in [6, 6.07) is 0. The molecular formula is C6H2N6S5Sn2. The van der Waals surface area contributed by atoms with Gasteiger partial charge in [0.25, 0.3) is 0 Å². The second-order valence-corrected chi connectivity index (χ2v) is 18.3. The zero-order valence-corrected chi connectivity index (χ0v) is 18.6. The molecule has 0 aromatic carbocycles. The monoisotopic (exact) mass is 558 g/mol. The van der Waals surface area contributed by atoms with Crippen LogP contribution in [0.2, 0.25) is 0 Å². The third-order valence-electron chi connectivity index (χ3n) is 1.73. The normalized spacial score (nSPS) is 10.9. The quantitative estimate of drug-likeness (QED) is 0.314. The first-order valence-electron chi connectivity index (χ1n) is 4.67. The second kappa shape index (κ2) is 6.65. The number of nitrogens with one attached hydrogen (secondary N) is 2. The molecule has 4 radical (unpaired) electrons. The Bertz CT molecular complexity index is 732. The summed E-state index contributed by atoms with van der Waals surface area (Å²) in [5.74, 6) is 0. The molecule has 0 saturated carbocycles. The van der Waals surface area contributed by atoms with Gasteiger partial charge >= 0.3 is 151 Å². The van der Waals surface area contributed by atoms with Crippen LogP contribution in [0.25, 0.3) is 0 Å². The Hall–Kier alpha value is 0.717. The molecule has 0 aliphatic carbocycles. The molecule has 3 aromatic heterocycles. The molecule has 3 aromatic rings. The molecule has 94 valence electrons. The summed E-state index contributed by atoms with van der Waals surface area (Å²) < 4.78 is 5.95. The summed E-state index contributed by atoms with van der Waals surface area (Å²) in [5.41, 5.74) is 0. The third-order valence-corrected chi connectivity index (χ3v) is 14.0. The van der Waals surface area contributed by atoms with Crippen LogP contribution in [-0.4, -0.2) is 72.9 Å². The van der Waals surface area contributed by atoms with Crippen LogP contribution in [0, 0.1) is 7.91 Å². The Morgan fingerprint density at radius 3 is 1.58 bits per heavy atom. The molecule has 0 aliphatic rings. The zero-order chi connectivity index (χ0) is 13.2. The predicted molar refractivity (Wildman–Crippen MR) is 84.6 cm³/mol. The van der Waals surface area contributed by atoms with Gasteiger partial charge in [-0.25, -0.2) is 0 Å². The van der Waals surface area contributed by atoms with Crippen LogP contribution < -0.4 is 12.1 Å². The van der Waals surface area contributed by atoms with Gasteiger partial charge in [0.2, 0.25) is 0 Å². The molecular weight excluding hydrogens is 554 g/mol. The molecule has 0 fully saturated rings. The second-order valence-electron chi connectivity index (χ2n) is 3.00. The van der Waals surface area contributed by atoms with Crippen molar-refractivity contribution in [3.05, 3.63) is 7.91 Å². The minimum absolute atomic E-state index is 0.730. The van der Waals surface area contributed by atoms with Gasteiger partial charge in [-0.1, -0.05) is 0 Å². The van der Waals surface area contributed by atoms with Gasteiger partial charge in [0, 0.05) is 0 Å². The number of hydrogen-bond donors (Lipinski definition) is 2. The van der Waals surface area contributed by atoms with E-state index in [2.05, 4.69) is 30.6 Å². The van der Waals surface area contributed by atoms with E-state index in [-0.39, 0.29) is 0 Å². The Morgan fingerprint density at radius 1 is 0.737 bits per heavy atom. The average Bonchev–Trinajstić information content (AvgIpc) is 3.05. The maximum atomic E-state index is 5.03. The topological polar surface area (TPSA) is 83.1 Å². The van der Waals surface area contributed by atoms with Crippen molar-refractivity contribution >= 4 is 113 Å². The van der Waals surface area contributed by atoms with Gasteiger partial charge in [-0.15, -0.1) is 0 Å². The fraction of sp³-hybridized carbons (Fsp3) is 0. The molecule has 13 heteroatoms. The van der Waals surface area contributed by atoms with Gasteiger partial charge in [0.05, 0.1) is 0 Å². The maximum absolute atomic E-state index is 5.03. The molecule has 0 aliphatic heterocycles. The van der Waals surface area contributed by atoms with Crippen LogP contribution in [0.5, 0.6) is 0 Å². The van der Waals surface area contributed by atoms with Crippen molar-refractivity contribution in [1.82, 2.24) is 30.6 Å². The van der Waals surface area contributed by atoms with Crippen LogP contribution >= 0.6 is 58.4 Å². The van der Waals surface area contributed by atoms with E-state index in [1.54, 1.807) is 34.0 Å². The van der Waals surface area contributed by atoms with Crippen LogP contribution in [-0.2, 0) is 0 Å². The number of H-pyrrole nitrogens is 2. The zero-order valence-electron chi connectivity index (χ0n) is 8.83. The van der Waals surface area contributed by atoms with Crippen LogP contribution in [0.1, 0.15) is 0 Å². The summed E-state index contributed by atoms with van der Waals surface area (Å²) >= 11 is 13.0. The van der Waals surface area contributed by atoms with Gasteiger partial charge in [0.15, 0.2) is 0 Å². The summed E-state index contributed by atoms with van der Waals surface area (Å²) in [4.78, 5) is 0. The molecule has 3 rings (SSSR count). The van der Waals surface area contributed by atoms with E-state index in [9.17, 15) is 0 Å². The molecule has 0 atom stereocenters. The number of hydrogen-bond acceptors (Lipinski definition) is 9. The standard InChI is InChI=1S/2C2HN2S2.C2N2S.2Sn/c2*5-2-4-3-1-6-2;1-3-4-2-5-1;;/h2*(H,4,5);;;. The van der Waals surface area contributed by atoms with E-state index in [0.29, 0.717) is 0 Å². The first-order valence-corrected chi connectivity index (χ1v) is 13.6. The first kappa shape index (κ1) is 14.6. The summed E-state index contributed by atoms with van der Waals surface area (Å²) in [6.07, 6.45) is 0. The molecule has 0 amide bonds. The molecule has 0 spiro atoms. The van der Waals surface area contributed by atoms with Gasteiger partial charge in [-0.2, -0.15) is 0 Å². The van der Waals surface area contributed by atoms with E-state index in [0.717, 1.165) is 20.0 Å². The van der Waals surface area contributed by atoms with Crippen molar-refractivity contribution in [1.29, 1.82) is 0 Å². The van der Waals surface area contributed by atoms with Crippen molar-refractivity contribution in [2.24, 2.45) is 0 Å². The van der Waals surface area contributed by atoms with Crippen molar-refractivity contribution in [2.45, 2.75) is 0 Å². The van der Waals surface area contributed by atoms with Crippen LogP contribution in [0.15, 0.2) is 0 Å². The third kappa shape index (κ3) is 4.10. The minimum atomic E-state index is -0.937. The van der Waals surface area contributed by atoms with Crippen LogP contribution in [0.4, 0.5) is 0 Å². The van der Waals surface area contributed by atoms with E-state index >= 15 is 0 Å². The first-order chi connectivity index (χ1) is 9.19. The molecule has 0 saturated heterocycles. The average molecular weight is 556 g/mol. The molecule has 0 unspecified atom stereocenters. The molecule has 3 heterocycles. The van der Waals surface area contributed by atoms with Gasteiger partial charge in [-0.05, 0) is 0 Å². The number of rotatable bonds is 4. The van der Waals surface area contributed by atoms with Crippen molar-refractivity contribution in [3.8, 4) is 0 Å². The van der Waals surface area contributed by atoms with Crippen molar-refractivity contribution < 1.29 is 0 Å². The summed E-state index contributed by atoms with van der Waals surface area (Å²) in [7, 11) is 0. The van der Waals surface area contributed by atoms with Crippen molar-refractivity contribution in [3.63, 3.8) is 0 Å². The summed E-state index contributed by atoms with van der Waals surface area (Å²) in [6.45, 7) is 0. The fourth-order valence-corrected chi connectivity index (χ4v) is 17.5. The fourth-order valence-electron chi connectivity index (χ4n) is 1.07. The van der Waals surface area contributed by atoms with Crippen molar-refractivity contribution in [2.75, 3.05) is 0 Å². The SMILES string of the molecule is S=c1[nH]n[c]([Sn][c]2nn[c]([Sn][c]3n[nH]c(=S)s3)s2)s1. The van der Waals surface area contributed by atoms with E-state index < -0.39 is 42.3 Å². The Balaban J connectivity index is 1.72. The molecule has 19 heavy (non-hydrogen) atoms. The Kier molecular flexibility index (Phi) is 5.13. The number of aromatic nitrogens is 6. The van der Waals surface area contributed by atoms with E-state index in [4.69, 9.17) is 24.4 Å². The van der Waals surface area contributed by atoms with Gasteiger partial charge in [-0.3, -0.25) is 0 Å². The van der Waals surface area contributed by atoms with Gasteiger partial charge in [0.1, 0.15) is 0 Å². The molecule has 0 bridgehead atoms. The number of nitrogens with zero attached hydrogens (tertiary/aromatic N) is 4. The van der Waals surface area contributed by atoms with E-state index in [1.165, 1.54) is 0 Å². The summed E-state index contributed by atoms with van der Waals surface area (Å²) in [5, 5.41) is 22.5. The Labute approximate surface area is 149 Å².